The first-order valence-corrected chi connectivity index (χ1v) is 6.69. The van der Waals surface area contributed by atoms with E-state index >= 15 is 0 Å². The van der Waals surface area contributed by atoms with Crippen molar-refractivity contribution >= 4 is 0 Å². The van der Waals surface area contributed by atoms with Crippen molar-refractivity contribution in [2.75, 3.05) is 19.7 Å². The van der Waals surface area contributed by atoms with Gasteiger partial charge >= 0.3 is 0 Å². The highest BCUT2D eigenvalue weighted by Crippen LogP contribution is 2.40. The fraction of sp³-hybridized carbons (Fsp3) is 1.00. The second kappa shape index (κ2) is 5.31. The molecule has 0 spiro atoms. The summed E-state index contributed by atoms with van der Waals surface area (Å²) in [6.45, 7) is 5.54. The van der Waals surface area contributed by atoms with Crippen molar-refractivity contribution in [1.29, 1.82) is 0 Å². The molecule has 0 saturated heterocycles. The lowest BCUT2D eigenvalue weighted by Gasteiger charge is -2.42. The third-order valence-corrected chi connectivity index (χ3v) is 3.77. The normalized spacial score (nSPS) is 23.8. The minimum absolute atomic E-state index is 0.281. The number of nitrogens with one attached hydrogen (secondary N) is 1. The molecule has 0 amide bonds. The Morgan fingerprint density at radius 1 is 1.27 bits per heavy atom. The molecule has 2 aliphatic carbocycles. The standard InChI is InChI=1S/C13H25NO/c1-2-9-14-10-8-13(6-3-7-13)15-11-12-4-5-12/h12,14H,2-11H2,1H3. The van der Waals surface area contributed by atoms with Gasteiger partial charge < -0.3 is 10.1 Å². The van der Waals surface area contributed by atoms with Gasteiger partial charge in [-0.3, -0.25) is 0 Å². The minimum atomic E-state index is 0.281. The second-order valence-electron chi connectivity index (χ2n) is 5.29. The molecule has 2 fully saturated rings. The molecule has 0 aromatic carbocycles. The van der Waals surface area contributed by atoms with Crippen LogP contribution in [0.3, 0.4) is 0 Å². The molecule has 2 rings (SSSR count). The molecule has 0 heterocycles. The highest BCUT2D eigenvalue weighted by atomic mass is 16.5. The molecule has 2 nitrogen and oxygen atoms in total. The highest BCUT2D eigenvalue weighted by Gasteiger charge is 2.38. The van der Waals surface area contributed by atoms with Crippen LogP contribution in [0.15, 0.2) is 0 Å². The highest BCUT2D eigenvalue weighted by molar-refractivity contribution is 4.91. The zero-order chi connectivity index (χ0) is 10.6. The second-order valence-corrected chi connectivity index (χ2v) is 5.29. The van der Waals surface area contributed by atoms with Crippen LogP contribution in [0.2, 0.25) is 0 Å². The maximum atomic E-state index is 6.13. The molecule has 0 unspecified atom stereocenters. The van der Waals surface area contributed by atoms with Crippen molar-refractivity contribution < 1.29 is 4.74 Å². The molecule has 0 bridgehead atoms. The van der Waals surface area contributed by atoms with E-state index in [-0.39, 0.29) is 5.60 Å². The molecule has 2 heteroatoms. The molecule has 2 aliphatic rings. The Hall–Kier alpha value is -0.0800. The van der Waals surface area contributed by atoms with E-state index in [0.717, 1.165) is 25.6 Å². The first kappa shape index (κ1) is 11.4. The summed E-state index contributed by atoms with van der Waals surface area (Å²) in [6.07, 6.45) is 9.24. The lowest BCUT2D eigenvalue weighted by Crippen LogP contribution is -2.43. The van der Waals surface area contributed by atoms with E-state index in [9.17, 15) is 0 Å². The largest absolute Gasteiger partial charge is 0.375 e. The van der Waals surface area contributed by atoms with Crippen LogP contribution in [-0.4, -0.2) is 25.3 Å². The van der Waals surface area contributed by atoms with Crippen molar-refractivity contribution in [2.45, 2.75) is 57.5 Å². The van der Waals surface area contributed by atoms with E-state index in [2.05, 4.69) is 12.2 Å². The van der Waals surface area contributed by atoms with Crippen LogP contribution in [-0.2, 0) is 4.74 Å². The molecule has 88 valence electrons. The Morgan fingerprint density at radius 2 is 2.07 bits per heavy atom. The maximum absolute atomic E-state index is 6.13. The number of hydrogen-bond acceptors (Lipinski definition) is 2. The van der Waals surface area contributed by atoms with Crippen LogP contribution in [0.1, 0.15) is 51.9 Å². The Balaban J connectivity index is 1.60. The predicted octanol–water partition coefficient (Wildman–Crippen LogP) is 2.73. The SMILES string of the molecule is CCCNCCC1(OCC2CC2)CCC1. The van der Waals surface area contributed by atoms with Crippen LogP contribution in [0.4, 0.5) is 0 Å². The molecule has 0 aliphatic heterocycles. The van der Waals surface area contributed by atoms with Gasteiger partial charge in [0.1, 0.15) is 0 Å². The summed E-state index contributed by atoms with van der Waals surface area (Å²) in [5.41, 5.74) is 0.281. The van der Waals surface area contributed by atoms with Gasteiger partial charge in [-0.2, -0.15) is 0 Å². The van der Waals surface area contributed by atoms with Crippen molar-refractivity contribution in [2.24, 2.45) is 5.92 Å². The summed E-state index contributed by atoms with van der Waals surface area (Å²) in [4.78, 5) is 0. The predicted molar refractivity (Wildman–Crippen MR) is 63.0 cm³/mol. The van der Waals surface area contributed by atoms with Crippen molar-refractivity contribution in [3.05, 3.63) is 0 Å². The molecule has 15 heavy (non-hydrogen) atoms. The first-order chi connectivity index (χ1) is 7.35. The number of hydrogen-bond donors (Lipinski definition) is 1. The molecule has 2 saturated carbocycles. The molecule has 0 aromatic rings. The lowest BCUT2D eigenvalue weighted by molar-refractivity contribution is -0.108. The van der Waals surface area contributed by atoms with Gasteiger partial charge in [-0.05, 0) is 64.0 Å². The summed E-state index contributed by atoms with van der Waals surface area (Å²) in [5, 5.41) is 3.48. The molecule has 1 N–H and O–H groups in total. The van der Waals surface area contributed by atoms with Gasteiger partial charge in [0.2, 0.25) is 0 Å². The van der Waals surface area contributed by atoms with Gasteiger partial charge in [0.25, 0.3) is 0 Å². The Labute approximate surface area is 93.8 Å². The van der Waals surface area contributed by atoms with Crippen LogP contribution in [0.5, 0.6) is 0 Å². The maximum Gasteiger partial charge on any atom is 0.0694 e. The van der Waals surface area contributed by atoms with E-state index in [0.29, 0.717) is 0 Å². The van der Waals surface area contributed by atoms with E-state index < -0.39 is 0 Å². The average Bonchev–Trinajstić information content (AvgIpc) is 2.98. The van der Waals surface area contributed by atoms with Gasteiger partial charge in [-0.25, -0.2) is 0 Å². The summed E-state index contributed by atoms with van der Waals surface area (Å²) in [5.74, 6) is 0.908. The summed E-state index contributed by atoms with van der Waals surface area (Å²) >= 11 is 0. The van der Waals surface area contributed by atoms with Crippen LogP contribution in [0, 0.1) is 5.92 Å². The molecular weight excluding hydrogens is 186 g/mol. The van der Waals surface area contributed by atoms with Gasteiger partial charge in [0.15, 0.2) is 0 Å². The van der Waals surface area contributed by atoms with E-state index in [1.807, 2.05) is 0 Å². The van der Waals surface area contributed by atoms with Gasteiger partial charge in [-0.1, -0.05) is 6.92 Å². The van der Waals surface area contributed by atoms with Crippen molar-refractivity contribution in [3.63, 3.8) is 0 Å². The summed E-state index contributed by atoms with van der Waals surface area (Å²) in [6, 6.07) is 0. The number of ether oxygens (including phenoxy) is 1. The fourth-order valence-electron chi connectivity index (χ4n) is 2.23. The fourth-order valence-corrected chi connectivity index (χ4v) is 2.23. The van der Waals surface area contributed by atoms with Crippen LogP contribution < -0.4 is 5.32 Å². The lowest BCUT2D eigenvalue weighted by atomic mass is 9.77. The first-order valence-electron chi connectivity index (χ1n) is 6.69. The third-order valence-electron chi connectivity index (χ3n) is 3.77. The van der Waals surface area contributed by atoms with Crippen LogP contribution >= 0.6 is 0 Å². The quantitative estimate of drug-likeness (QED) is 0.623. The Morgan fingerprint density at radius 3 is 2.60 bits per heavy atom. The van der Waals surface area contributed by atoms with Crippen molar-refractivity contribution in [3.8, 4) is 0 Å². The number of rotatable bonds is 8. The Kier molecular flexibility index (Phi) is 4.04. The summed E-state index contributed by atoms with van der Waals surface area (Å²) < 4.78 is 6.13. The van der Waals surface area contributed by atoms with E-state index in [4.69, 9.17) is 4.74 Å². The Bertz CT molecular complexity index is 185. The topological polar surface area (TPSA) is 21.3 Å². The zero-order valence-electron chi connectivity index (χ0n) is 10.1. The minimum Gasteiger partial charge on any atom is -0.375 e. The average molecular weight is 211 g/mol. The molecule has 0 aromatic heterocycles. The van der Waals surface area contributed by atoms with E-state index in [1.54, 1.807) is 0 Å². The smallest absolute Gasteiger partial charge is 0.0694 e. The van der Waals surface area contributed by atoms with Crippen LogP contribution in [0.25, 0.3) is 0 Å². The zero-order valence-corrected chi connectivity index (χ0v) is 10.1. The summed E-state index contributed by atoms with van der Waals surface area (Å²) in [7, 11) is 0. The van der Waals surface area contributed by atoms with Gasteiger partial charge in [0, 0.05) is 0 Å². The van der Waals surface area contributed by atoms with Crippen molar-refractivity contribution in [1.82, 2.24) is 5.32 Å². The molecule has 0 radical (unpaired) electrons. The monoisotopic (exact) mass is 211 g/mol. The van der Waals surface area contributed by atoms with E-state index in [1.165, 1.54) is 44.9 Å². The van der Waals surface area contributed by atoms with Gasteiger partial charge in [-0.15, -0.1) is 0 Å². The third kappa shape index (κ3) is 3.46. The molecule has 0 atom stereocenters. The van der Waals surface area contributed by atoms with Gasteiger partial charge in [0.05, 0.1) is 12.2 Å². The molecular formula is C13H25NO.